The van der Waals surface area contributed by atoms with Gasteiger partial charge >= 0.3 is 0 Å². The minimum Gasteiger partial charge on any atom is -0.493 e. The summed E-state index contributed by atoms with van der Waals surface area (Å²) in [7, 11) is 3.17. The van der Waals surface area contributed by atoms with Crippen LogP contribution in [0.4, 0.5) is 0 Å². The number of carbonyl (C=O) groups is 1. The van der Waals surface area contributed by atoms with E-state index in [1.807, 2.05) is 59.3 Å². The maximum absolute atomic E-state index is 12.7. The van der Waals surface area contributed by atoms with E-state index in [0.717, 1.165) is 11.1 Å². The first-order valence-corrected chi connectivity index (χ1v) is 8.70. The second-order valence-electron chi connectivity index (χ2n) is 6.16. The summed E-state index contributed by atoms with van der Waals surface area (Å²) < 4.78 is 12.5. The van der Waals surface area contributed by atoms with Crippen molar-refractivity contribution >= 4 is 5.91 Å². The van der Waals surface area contributed by atoms with Crippen LogP contribution in [0.3, 0.4) is 0 Å². The molecule has 3 rings (SSSR count). The van der Waals surface area contributed by atoms with Crippen LogP contribution in [0.1, 0.15) is 17.2 Å². The Balaban J connectivity index is 1.72. The zero-order valence-electron chi connectivity index (χ0n) is 15.5. The minimum atomic E-state index is -0.145. The molecule has 1 unspecified atom stereocenters. The number of ether oxygens (including phenoxy) is 2. The van der Waals surface area contributed by atoms with Gasteiger partial charge in [0.1, 0.15) is 0 Å². The second kappa shape index (κ2) is 8.89. The summed E-state index contributed by atoms with van der Waals surface area (Å²) in [5.41, 5.74) is 1.91. The quantitative estimate of drug-likeness (QED) is 0.666. The maximum atomic E-state index is 12.7. The Morgan fingerprint density at radius 2 is 1.89 bits per heavy atom. The van der Waals surface area contributed by atoms with Crippen LogP contribution in [0.25, 0.3) is 0 Å². The molecule has 2 aromatic carbocycles. The number of nitrogens with zero attached hydrogens (tertiary/aromatic N) is 2. The van der Waals surface area contributed by atoms with Crippen LogP contribution in [0, 0.1) is 0 Å². The number of benzene rings is 2. The number of methoxy groups -OCH3 is 2. The molecule has 140 valence electrons. The summed E-state index contributed by atoms with van der Waals surface area (Å²) in [5.74, 6) is 1.20. The highest BCUT2D eigenvalue weighted by Gasteiger charge is 2.16. The fourth-order valence-electron chi connectivity index (χ4n) is 2.95. The molecule has 0 bridgehead atoms. The Morgan fingerprint density at radius 3 is 2.56 bits per heavy atom. The third-order valence-corrected chi connectivity index (χ3v) is 4.30. The van der Waals surface area contributed by atoms with Gasteiger partial charge in [-0.1, -0.05) is 36.4 Å². The topological polar surface area (TPSA) is 65.4 Å². The average Bonchev–Trinajstić information content (AvgIpc) is 3.21. The monoisotopic (exact) mass is 365 g/mol. The molecule has 0 saturated heterocycles. The minimum absolute atomic E-state index is 0.0591. The molecule has 6 nitrogen and oxygen atoms in total. The number of imidazole rings is 1. The molecule has 3 aromatic rings. The highest BCUT2D eigenvalue weighted by Crippen LogP contribution is 2.27. The van der Waals surface area contributed by atoms with E-state index in [4.69, 9.17) is 9.47 Å². The largest absolute Gasteiger partial charge is 0.493 e. The van der Waals surface area contributed by atoms with Crippen molar-refractivity contribution in [1.82, 2.24) is 14.9 Å². The summed E-state index contributed by atoms with van der Waals surface area (Å²) in [4.78, 5) is 16.7. The van der Waals surface area contributed by atoms with Crippen molar-refractivity contribution in [3.05, 3.63) is 78.4 Å². The van der Waals surface area contributed by atoms with Crippen LogP contribution in [0.5, 0.6) is 11.5 Å². The molecule has 0 aliphatic rings. The fourth-order valence-corrected chi connectivity index (χ4v) is 2.95. The summed E-state index contributed by atoms with van der Waals surface area (Å²) in [6.07, 6.45) is 5.62. The van der Waals surface area contributed by atoms with Crippen LogP contribution < -0.4 is 14.8 Å². The summed E-state index contributed by atoms with van der Waals surface area (Å²) in [6, 6.07) is 15.3. The van der Waals surface area contributed by atoms with Crippen LogP contribution in [0.15, 0.2) is 67.3 Å². The lowest BCUT2D eigenvalue weighted by Crippen LogP contribution is -2.32. The third-order valence-electron chi connectivity index (χ3n) is 4.30. The van der Waals surface area contributed by atoms with Crippen LogP contribution in [0.2, 0.25) is 0 Å². The Hall–Kier alpha value is -3.28. The zero-order valence-corrected chi connectivity index (χ0v) is 15.5. The van der Waals surface area contributed by atoms with Gasteiger partial charge in [0, 0.05) is 18.9 Å². The van der Waals surface area contributed by atoms with Crippen molar-refractivity contribution < 1.29 is 14.3 Å². The number of hydrogen-bond acceptors (Lipinski definition) is 4. The Morgan fingerprint density at radius 1 is 1.11 bits per heavy atom. The molecule has 0 fully saturated rings. The van der Waals surface area contributed by atoms with Gasteiger partial charge in [-0.3, -0.25) is 4.79 Å². The number of aromatic nitrogens is 2. The van der Waals surface area contributed by atoms with Crippen LogP contribution >= 0.6 is 0 Å². The Bertz CT molecular complexity index is 864. The number of rotatable bonds is 8. The van der Waals surface area contributed by atoms with Crippen molar-refractivity contribution in [1.29, 1.82) is 0 Å². The molecular weight excluding hydrogens is 342 g/mol. The summed E-state index contributed by atoms with van der Waals surface area (Å²) >= 11 is 0. The van der Waals surface area contributed by atoms with Crippen molar-refractivity contribution in [2.24, 2.45) is 0 Å². The van der Waals surface area contributed by atoms with Gasteiger partial charge in [-0.25, -0.2) is 4.98 Å². The van der Waals surface area contributed by atoms with Gasteiger partial charge in [0.05, 0.1) is 33.0 Å². The first-order chi connectivity index (χ1) is 13.2. The van der Waals surface area contributed by atoms with Crippen LogP contribution in [-0.4, -0.2) is 29.7 Å². The normalized spacial score (nSPS) is 11.6. The molecule has 0 spiro atoms. The van der Waals surface area contributed by atoms with E-state index in [0.29, 0.717) is 18.0 Å². The molecule has 1 N–H and O–H groups in total. The SMILES string of the molecule is COc1ccc(CC(=O)NC(Cn2ccnc2)c2ccccc2)cc1OC. The number of amides is 1. The molecule has 0 radical (unpaired) electrons. The molecule has 0 saturated carbocycles. The lowest BCUT2D eigenvalue weighted by Gasteiger charge is -2.20. The number of hydrogen-bond donors (Lipinski definition) is 1. The van der Waals surface area contributed by atoms with E-state index in [2.05, 4.69) is 10.3 Å². The third kappa shape index (κ3) is 4.88. The predicted molar refractivity (Wildman–Crippen MR) is 103 cm³/mol. The van der Waals surface area contributed by atoms with Crippen molar-refractivity contribution in [3.8, 4) is 11.5 Å². The molecule has 27 heavy (non-hydrogen) atoms. The molecular formula is C21H23N3O3. The number of carbonyl (C=O) groups excluding carboxylic acids is 1. The molecule has 6 heteroatoms. The molecule has 1 amide bonds. The predicted octanol–water partition coefficient (Wildman–Crippen LogP) is 3.00. The lowest BCUT2D eigenvalue weighted by atomic mass is 10.1. The van der Waals surface area contributed by atoms with Crippen molar-refractivity contribution in [2.75, 3.05) is 14.2 Å². The Kier molecular flexibility index (Phi) is 6.10. The van der Waals surface area contributed by atoms with Crippen molar-refractivity contribution in [3.63, 3.8) is 0 Å². The van der Waals surface area contributed by atoms with E-state index in [9.17, 15) is 4.79 Å². The van der Waals surface area contributed by atoms with Crippen LogP contribution in [-0.2, 0) is 17.8 Å². The molecule has 0 aliphatic carbocycles. The van der Waals surface area contributed by atoms with Gasteiger partial charge in [0.2, 0.25) is 5.91 Å². The van der Waals surface area contributed by atoms with E-state index >= 15 is 0 Å². The molecule has 1 atom stereocenters. The van der Waals surface area contributed by atoms with Gasteiger partial charge in [0.25, 0.3) is 0 Å². The molecule has 1 aromatic heterocycles. The van der Waals surface area contributed by atoms with Gasteiger partial charge in [-0.2, -0.15) is 0 Å². The van der Waals surface area contributed by atoms with Gasteiger partial charge in [0.15, 0.2) is 11.5 Å². The van der Waals surface area contributed by atoms with Gasteiger partial charge < -0.3 is 19.4 Å². The van der Waals surface area contributed by atoms with Gasteiger partial charge in [-0.15, -0.1) is 0 Å². The molecule has 1 heterocycles. The summed E-state index contributed by atoms with van der Waals surface area (Å²) in [5, 5.41) is 3.13. The fraction of sp³-hybridized carbons (Fsp3) is 0.238. The highest BCUT2D eigenvalue weighted by molar-refractivity contribution is 5.79. The first kappa shape index (κ1) is 18.5. The van der Waals surface area contributed by atoms with E-state index in [1.165, 1.54) is 0 Å². The highest BCUT2D eigenvalue weighted by atomic mass is 16.5. The second-order valence-corrected chi connectivity index (χ2v) is 6.16. The standard InChI is InChI=1S/C21H23N3O3/c1-26-19-9-8-16(12-20(19)27-2)13-21(25)23-18(14-24-11-10-22-15-24)17-6-4-3-5-7-17/h3-12,15,18H,13-14H2,1-2H3,(H,23,25). The molecule has 0 aliphatic heterocycles. The summed E-state index contributed by atoms with van der Waals surface area (Å²) in [6.45, 7) is 0.613. The first-order valence-electron chi connectivity index (χ1n) is 8.70. The Labute approximate surface area is 158 Å². The van der Waals surface area contributed by atoms with E-state index in [-0.39, 0.29) is 18.4 Å². The average molecular weight is 365 g/mol. The number of nitrogens with one attached hydrogen (secondary N) is 1. The van der Waals surface area contributed by atoms with Crippen molar-refractivity contribution in [2.45, 2.75) is 19.0 Å². The maximum Gasteiger partial charge on any atom is 0.224 e. The lowest BCUT2D eigenvalue weighted by molar-refractivity contribution is -0.121. The van der Waals surface area contributed by atoms with Gasteiger partial charge in [-0.05, 0) is 23.3 Å². The zero-order chi connectivity index (χ0) is 19.1. The van der Waals surface area contributed by atoms with E-state index < -0.39 is 0 Å². The van der Waals surface area contributed by atoms with E-state index in [1.54, 1.807) is 26.7 Å². The smallest absolute Gasteiger partial charge is 0.224 e.